The van der Waals surface area contributed by atoms with Crippen LogP contribution in [0, 0.1) is 0 Å². The molecule has 0 saturated carbocycles. The van der Waals surface area contributed by atoms with Crippen LogP contribution in [0.3, 0.4) is 0 Å². The minimum Gasteiger partial charge on any atom is -0.355 e. The molecule has 2 nitrogen and oxygen atoms in total. The second kappa shape index (κ2) is 9.07. The van der Waals surface area contributed by atoms with Crippen molar-refractivity contribution in [1.29, 1.82) is 0 Å². The standard InChI is InChI=1S/C43H28N2/c1-6-17-35-30(12-1)31-13-2-7-18-36(31)43(35)37-19-8-3-16-34(37)42-38(43)20-11-21-39(42)44-28-24-26-29(27-25-28)45-40-22-9-4-14-32(40)33-15-5-10-23-41(33)45/h1-27,44H. The van der Waals surface area contributed by atoms with Gasteiger partial charge in [-0.2, -0.15) is 0 Å². The molecule has 210 valence electrons. The Balaban J connectivity index is 1.12. The summed E-state index contributed by atoms with van der Waals surface area (Å²) in [5.41, 5.74) is 16.1. The minimum absolute atomic E-state index is 0.336. The molecular weight excluding hydrogens is 544 g/mol. The average molecular weight is 573 g/mol. The Morgan fingerprint density at radius 1 is 0.400 bits per heavy atom. The SMILES string of the molecule is c1ccc2c(c1)-c1ccccc1C21c2ccccc2-c2c(Nc3ccc(-n4c5ccccc5c5ccccc54)cc3)cccc21. The molecule has 8 aromatic rings. The number of rotatable bonds is 3. The van der Waals surface area contributed by atoms with Crippen LogP contribution in [0.2, 0.25) is 0 Å². The third kappa shape index (κ3) is 3.18. The first kappa shape index (κ1) is 24.6. The van der Waals surface area contributed by atoms with E-state index in [9.17, 15) is 0 Å². The van der Waals surface area contributed by atoms with E-state index in [4.69, 9.17) is 0 Å². The van der Waals surface area contributed by atoms with Crippen molar-refractivity contribution >= 4 is 33.2 Å². The number of hydrogen-bond acceptors (Lipinski definition) is 1. The summed E-state index contributed by atoms with van der Waals surface area (Å²) >= 11 is 0. The molecule has 1 spiro atoms. The molecule has 0 atom stereocenters. The molecule has 0 bridgehead atoms. The zero-order valence-electron chi connectivity index (χ0n) is 24.5. The van der Waals surface area contributed by atoms with Crippen LogP contribution in [-0.4, -0.2) is 4.57 Å². The van der Waals surface area contributed by atoms with Crippen molar-refractivity contribution in [2.45, 2.75) is 5.41 Å². The summed E-state index contributed by atoms with van der Waals surface area (Å²) in [5.74, 6) is 0. The fourth-order valence-corrected chi connectivity index (χ4v) is 8.30. The van der Waals surface area contributed by atoms with E-state index in [0.717, 1.165) is 17.1 Å². The topological polar surface area (TPSA) is 17.0 Å². The molecule has 2 heteroatoms. The number of para-hydroxylation sites is 2. The Morgan fingerprint density at radius 2 is 0.889 bits per heavy atom. The quantitative estimate of drug-likeness (QED) is 0.223. The van der Waals surface area contributed by atoms with E-state index in [1.54, 1.807) is 0 Å². The Kier molecular flexibility index (Phi) is 4.95. The summed E-state index contributed by atoms with van der Waals surface area (Å²) in [6.07, 6.45) is 0. The highest BCUT2D eigenvalue weighted by Crippen LogP contribution is 2.63. The highest BCUT2D eigenvalue weighted by atomic mass is 15.0. The van der Waals surface area contributed by atoms with Crippen LogP contribution < -0.4 is 5.32 Å². The van der Waals surface area contributed by atoms with E-state index < -0.39 is 0 Å². The molecule has 1 heterocycles. The van der Waals surface area contributed by atoms with Crippen LogP contribution in [0.25, 0.3) is 49.7 Å². The average Bonchev–Trinajstić information content (AvgIpc) is 3.71. The Labute approximate surface area is 261 Å². The maximum atomic E-state index is 3.84. The number of hydrogen-bond donors (Lipinski definition) is 1. The molecule has 0 saturated heterocycles. The Bertz CT molecular complexity index is 2360. The molecule has 0 unspecified atom stereocenters. The highest BCUT2D eigenvalue weighted by molar-refractivity contribution is 6.09. The number of nitrogens with one attached hydrogen (secondary N) is 1. The van der Waals surface area contributed by atoms with Gasteiger partial charge in [0.2, 0.25) is 0 Å². The normalized spacial score (nSPS) is 13.5. The van der Waals surface area contributed by atoms with Crippen molar-refractivity contribution in [3.05, 3.63) is 186 Å². The van der Waals surface area contributed by atoms with Gasteiger partial charge in [-0.25, -0.2) is 0 Å². The van der Waals surface area contributed by atoms with E-state index in [1.807, 2.05) is 0 Å². The molecule has 2 aliphatic rings. The van der Waals surface area contributed by atoms with E-state index in [1.165, 1.54) is 66.3 Å². The zero-order valence-corrected chi connectivity index (χ0v) is 24.5. The maximum Gasteiger partial charge on any atom is 0.0726 e. The van der Waals surface area contributed by atoms with E-state index in [-0.39, 0.29) is 5.41 Å². The second-order valence-electron chi connectivity index (χ2n) is 12.2. The van der Waals surface area contributed by atoms with Crippen LogP contribution in [0.1, 0.15) is 22.3 Å². The van der Waals surface area contributed by atoms with Crippen molar-refractivity contribution in [2.24, 2.45) is 0 Å². The largest absolute Gasteiger partial charge is 0.355 e. The molecule has 10 rings (SSSR count). The lowest BCUT2D eigenvalue weighted by Crippen LogP contribution is -2.25. The van der Waals surface area contributed by atoms with Gasteiger partial charge in [-0.1, -0.05) is 121 Å². The molecule has 1 N–H and O–H groups in total. The fraction of sp³-hybridized carbons (Fsp3) is 0.0233. The first-order valence-corrected chi connectivity index (χ1v) is 15.6. The van der Waals surface area contributed by atoms with Crippen LogP contribution in [0.5, 0.6) is 0 Å². The van der Waals surface area contributed by atoms with Gasteiger partial charge in [-0.15, -0.1) is 0 Å². The second-order valence-corrected chi connectivity index (χ2v) is 12.2. The molecule has 0 fully saturated rings. The van der Waals surface area contributed by atoms with Crippen LogP contribution in [-0.2, 0) is 5.41 Å². The zero-order chi connectivity index (χ0) is 29.5. The predicted molar refractivity (Wildman–Crippen MR) is 187 cm³/mol. The summed E-state index contributed by atoms with van der Waals surface area (Å²) in [6, 6.07) is 59.9. The maximum absolute atomic E-state index is 3.84. The first-order valence-electron chi connectivity index (χ1n) is 15.6. The summed E-state index contributed by atoms with van der Waals surface area (Å²) in [6.45, 7) is 0. The minimum atomic E-state index is -0.336. The molecule has 7 aromatic carbocycles. The van der Waals surface area contributed by atoms with Gasteiger partial charge < -0.3 is 9.88 Å². The van der Waals surface area contributed by atoms with Crippen molar-refractivity contribution in [2.75, 3.05) is 5.32 Å². The molecule has 2 aliphatic carbocycles. The monoisotopic (exact) mass is 572 g/mol. The molecule has 45 heavy (non-hydrogen) atoms. The molecule has 0 radical (unpaired) electrons. The summed E-state index contributed by atoms with van der Waals surface area (Å²) < 4.78 is 2.36. The molecular formula is C43H28N2. The summed E-state index contributed by atoms with van der Waals surface area (Å²) in [4.78, 5) is 0. The first-order chi connectivity index (χ1) is 22.3. The smallest absolute Gasteiger partial charge is 0.0726 e. The van der Waals surface area contributed by atoms with Gasteiger partial charge in [0.1, 0.15) is 0 Å². The van der Waals surface area contributed by atoms with Crippen molar-refractivity contribution < 1.29 is 0 Å². The van der Waals surface area contributed by atoms with Crippen molar-refractivity contribution in [3.63, 3.8) is 0 Å². The predicted octanol–water partition coefficient (Wildman–Crippen LogP) is 10.9. The lowest BCUT2D eigenvalue weighted by atomic mass is 9.70. The third-order valence-electron chi connectivity index (χ3n) is 10.0. The number of benzene rings is 7. The summed E-state index contributed by atoms with van der Waals surface area (Å²) in [5, 5.41) is 6.39. The number of fused-ring (bicyclic) bond motifs is 13. The lowest BCUT2D eigenvalue weighted by molar-refractivity contribution is 0.794. The lowest BCUT2D eigenvalue weighted by Gasteiger charge is -2.30. The molecule has 1 aromatic heterocycles. The third-order valence-corrected chi connectivity index (χ3v) is 10.0. The molecule has 0 amide bonds. The van der Waals surface area contributed by atoms with Crippen LogP contribution in [0.4, 0.5) is 11.4 Å². The van der Waals surface area contributed by atoms with Gasteiger partial charge in [-0.05, 0) is 81.4 Å². The Morgan fingerprint density at radius 3 is 1.51 bits per heavy atom. The highest BCUT2D eigenvalue weighted by Gasteiger charge is 2.51. The van der Waals surface area contributed by atoms with Crippen LogP contribution >= 0.6 is 0 Å². The van der Waals surface area contributed by atoms with Gasteiger partial charge in [0.05, 0.1) is 16.4 Å². The van der Waals surface area contributed by atoms with Crippen LogP contribution in [0.15, 0.2) is 164 Å². The van der Waals surface area contributed by atoms with E-state index in [0.29, 0.717) is 0 Å². The van der Waals surface area contributed by atoms with E-state index in [2.05, 4.69) is 174 Å². The van der Waals surface area contributed by atoms with Gasteiger partial charge in [-0.3, -0.25) is 0 Å². The van der Waals surface area contributed by atoms with E-state index >= 15 is 0 Å². The number of anilines is 2. The van der Waals surface area contributed by atoms with Gasteiger partial charge in [0, 0.05) is 33.4 Å². The van der Waals surface area contributed by atoms with Gasteiger partial charge in [0.25, 0.3) is 0 Å². The summed E-state index contributed by atoms with van der Waals surface area (Å²) in [7, 11) is 0. The van der Waals surface area contributed by atoms with Gasteiger partial charge >= 0.3 is 0 Å². The number of aromatic nitrogens is 1. The van der Waals surface area contributed by atoms with Gasteiger partial charge in [0.15, 0.2) is 0 Å². The van der Waals surface area contributed by atoms with Crippen molar-refractivity contribution in [1.82, 2.24) is 4.57 Å². The fourth-order valence-electron chi connectivity index (χ4n) is 8.30. The molecule has 0 aliphatic heterocycles. The Hall–Kier alpha value is -5.86. The number of nitrogens with zero attached hydrogens (tertiary/aromatic N) is 1. The van der Waals surface area contributed by atoms with Crippen molar-refractivity contribution in [3.8, 4) is 27.9 Å².